The Morgan fingerprint density at radius 1 is 1.10 bits per heavy atom. The van der Waals surface area contributed by atoms with Crippen molar-refractivity contribution in [3.05, 3.63) is 0 Å². The van der Waals surface area contributed by atoms with Gasteiger partial charge in [-0.1, -0.05) is 34.1 Å². The number of carbonyl (C=O) groups is 5. The molecule has 7 N–H and O–H groups in total. The van der Waals surface area contributed by atoms with Crippen molar-refractivity contribution in [1.82, 2.24) is 15.5 Å². The van der Waals surface area contributed by atoms with Crippen molar-refractivity contribution in [3.8, 4) is 0 Å². The Labute approximate surface area is 182 Å². The zero-order valence-corrected chi connectivity index (χ0v) is 18.6. The van der Waals surface area contributed by atoms with Crippen LogP contribution in [0.4, 0.5) is 0 Å². The third-order valence-electron chi connectivity index (χ3n) is 5.65. The van der Waals surface area contributed by atoms with E-state index in [0.29, 0.717) is 19.3 Å². The van der Waals surface area contributed by atoms with Gasteiger partial charge in [0.05, 0.1) is 12.5 Å². The first kappa shape index (κ1) is 26.3. The molecule has 0 aromatic carbocycles. The van der Waals surface area contributed by atoms with Gasteiger partial charge in [-0.15, -0.1) is 0 Å². The van der Waals surface area contributed by atoms with Gasteiger partial charge in [0.25, 0.3) is 0 Å². The molecule has 1 rings (SSSR count). The van der Waals surface area contributed by atoms with Crippen LogP contribution in [0.5, 0.6) is 0 Å². The summed E-state index contributed by atoms with van der Waals surface area (Å²) in [4.78, 5) is 62.4. The minimum atomic E-state index is -1.30. The molecule has 5 unspecified atom stereocenters. The molecular weight excluding hydrogens is 406 g/mol. The summed E-state index contributed by atoms with van der Waals surface area (Å²) in [6.45, 7) is 7.34. The summed E-state index contributed by atoms with van der Waals surface area (Å²) >= 11 is 0. The van der Waals surface area contributed by atoms with Crippen LogP contribution in [-0.4, -0.2) is 70.3 Å². The summed E-state index contributed by atoms with van der Waals surface area (Å²) in [6.07, 6.45) is 1.07. The van der Waals surface area contributed by atoms with Crippen LogP contribution in [0.3, 0.4) is 0 Å². The van der Waals surface area contributed by atoms with Gasteiger partial charge >= 0.3 is 5.97 Å². The van der Waals surface area contributed by atoms with Crippen LogP contribution in [0.2, 0.25) is 0 Å². The van der Waals surface area contributed by atoms with E-state index in [1.54, 1.807) is 20.8 Å². The number of hydrogen-bond donors (Lipinski definition) is 5. The quantitative estimate of drug-likeness (QED) is 0.270. The lowest BCUT2D eigenvalue weighted by molar-refractivity contribution is -0.150. The first-order valence-electron chi connectivity index (χ1n) is 10.6. The highest BCUT2D eigenvalue weighted by molar-refractivity contribution is 5.96. The van der Waals surface area contributed by atoms with E-state index >= 15 is 0 Å². The number of primary amides is 1. The predicted molar refractivity (Wildman–Crippen MR) is 112 cm³/mol. The average molecular weight is 442 g/mol. The third kappa shape index (κ3) is 7.20. The first-order chi connectivity index (χ1) is 14.4. The lowest BCUT2D eigenvalue weighted by Gasteiger charge is -2.30. The zero-order valence-electron chi connectivity index (χ0n) is 18.6. The number of amides is 4. The van der Waals surface area contributed by atoms with E-state index in [4.69, 9.17) is 11.5 Å². The Kier molecular flexibility index (Phi) is 9.89. The van der Waals surface area contributed by atoms with Crippen molar-refractivity contribution in [2.24, 2.45) is 23.3 Å². The molecule has 31 heavy (non-hydrogen) atoms. The lowest BCUT2D eigenvalue weighted by Crippen LogP contribution is -2.59. The highest BCUT2D eigenvalue weighted by Crippen LogP contribution is 2.20. The molecule has 0 spiro atoms. The van der Waals surface area contributed by atoms with Crippen molar-refractivity contribution in [3.63, 3.8) is 0 Å². The second kappa shape index (κ2) is 11.6. The normalized spacial score (nSPS) is 19.9. The lowest BCUT2D eigenvalue weighted by atomic mass is 9.98. The number of likely N-dealkylation sites (tertiary alicyclic amines) is 1. The topological polar surface area (TPSA) is 185 Å². The fourth-order valence-electron chi connectivity index (χ4n) is 3.42. The van der Waals surface area contributed by atoms with Gasteiger partial charge in [0, 0.05) is 6.54 Å². The number of aliphatic carboxylic acids is 1. The number of nitrogens with two attached hydrogens (primary N) is 2. The van der Waals surface area contributed by atoms with Crippen molar-refractivity contribution >= 4 is 29.6 Å². The number of nitrogens with zero attached hydrogens (tertiary/aromatic N) is 1. The van der Waals surface area contributed by atoms with Crippen LogP contribution in [0, 0.1) is 11.8 Å². The molecule has 0 radical (unpaired) electrons. The molecule has 1 saturated heterocycles. The van der Waals surface area contributed by atoms with Gasteiger partial charge in [-0.05, 0) is 24.7 Å². The van der Waals surface area contributed by atoms with E-state index in [1.807, 2.05) is 6.92 Å². The van der Waals surface area contributed by atoms with Crippen molar-refractivity contribution in [2.45, 2.75) is 77.5 Å². The second-order valence-electron chi connectivity index (χ2n) is 8.40. The van der Waals surface area contributed by atoms with E-state index in [9.17, 15) is 29.1 Å². The number of hydrogen-bond acceptors (Lipinski definition) is 6. The number of carboxylic acid groups (broad SMARTS) is 1. The molecule has 11 heteroatoms. The summed E-state index contributed by atoms with van der Waals surface area (Å²) in [5.41, 5.74) is 11.1. The molecule has 176 valence electrons. The van der Waals surface area contributed by atoms with Crippen LogP contribution < -0.4 is 22.1 Å². The van der Waals surface area contributed by atoms with E-state index in [-0.39, 0.29) is 18.4 Å². The maximum atomic E-state index is 13.0. The summed E-state index contributed by atoms with van der Waals surface area (Å²) in [5, 5.41) is 14.4. The van der Waals surface area contributed by atoms with Gasteiger partial charge in [-0.3, -0.25) is 19.2 Å². The van der Waals surface area contributed by atoms with E-state index < -0.39 is 60.2 Å². The Morgan fingerprint density at radius 2 is 1.71 bits per heavy atom. The highest BCUT2D eigenvalue weighted by Gasteiger charge is 2.39. The summed E-state index contributed by atoms with van der Waals surface area (Å²) in [6, 6.07) is -4.15. The summed E-state index contributed by atoms with van der Waals surface area (Å²) in [7, 11) is 0. The fourth-order valence-corrected chi connectivity index (χ4v) is 3.42. The maximum Gasteiger partial charge on any atom is 0.326 e. The number of carboxylic acids is 1. The Hall–Kier alpha value is -2.69. The largest absolute Gasteiger partial charge is 0.480 e. The molecule has 0 aliphatic carbocycles. The van der Waals surface area contributed by atoms with Crippen LogP contribution in [0.25, 0.3) is 0 Å². The molecule has 0 aromatic rings. The fraction of sp³-hybridized carbons (Fsp3) is 0.750. The number of nitrogens with one attached hydrogen (secondary N) is 2. The van der Waals surface area contributed by atoms with Gasteiger partial charge in [-0.25, -0.2) is 4.79 Å². The SMILES string of the molecule is CCC(C)C(N)C(=O)NC(CC(N)=O)C(=O)NC(C(=O)N1CCCC1C(=O)O)C(C)C. The standard InChI is InChI=1S/C20H35N5O6/c1-5-11(4)15(22)18(28)23-12(9-14(21)26)17(27)24-16(10(2)3)19(29)25-8-6-7-13(25)20(30)31/h10-13,15-16H,5-9,22H2,1-4H3,(H2,21,26)(H,23,28)(H,24,27)(H,30,31). The molecule has 4 amide bonds. The minimum absolute atomic E-state index is 0.148. The maximum absolute atomic E-state index is 13.0. The molecule has 1 aliphatic rings. The predicted octanol–water partition coefficient (Wildman–Crippen LogP) is -1.06. The van der Waals surface area contributed by atoms with Gasteiger partial charge in [0.1, 0.15) is 18.1 Å². The van der Waals surface area contributed by atoms with Crippen LogP contribution in [0.15, 0.2) is 0 Å². The molecule has 11 nitrogen and oxygen atoms in total. The molecule has 1 heterocycles. The van der Waals surface area contributed by atoms with E-state index in [1.165, 1.54) is 4.90 Å². The third-order valence-corrected chi connectivity index (χ3v) is 5.65. The molecule has 1 fully saturated rings. The average Bonchev–Trinajstić information content (AvgIpc) is 3.19. The zero-order chi connectivity index (χ0) is 23.9. The van der Waals surface area contributed by atoms with Crippen molar-refractivity contribution in [2.75, 3.05) is 6.54 Å². The first-order valence-corrected chi connectivity index (χ1v) is 10.6. The monoisotopic (exact) mass is 441 g/mol. The number of carbonyl (C=O) groups excluding carboxylic acids is 4. The smallest absolute Gasteiger partial charge is 0.326 e. The summed E-state index contributed by atoms with van der Waals surface area (Å²) in [5.74, 6) is -4.30. The van der Waals surface area contributed by atoms with Gasteiger partial charge in [-0.2, -0.15) is 0 Å². The van der Waals surface area contributed by atoms with E-state index in [0.717, 1.165) is 0 Å². The van der Waals surface area contributed by atoms with E-state index in [2.05, 4.69) is 10.6 Å². The minimum Gasteiger partial charge on any atom is -0.480 e. The second-order valence-corrected chi connectivity index (χ2v) is 8.40. The van der Waals surface area contributed by atoms with Crippen molar-refractivity contribution < 1.29 is 29.1 Å². The van der Waals surface area contributed by atoms with Crippen LogP contribution in [-0.2, 0) is 24.0 Å². The molecule has 5 atom stereocenters. The van der Waals surface area contributed by atoms with Crippen molar-refractivity contribution in [1.29, 1.82) is 0 Å². The molecule has 0 saturated carbocycles. The van der Waals surface area contributed by atoms with Gasteiger partial charge in [0.2, 0.25) is 23.6 Å². The van der Waals surface area contributed by atoms with Crippen LogP contribution >= 0.6 is 0 Å². The van der Waals surface area contributed by atoms with Gasteiger partial charge in [0.15, 0.2) is 0 Å². The van der Waals surface area contributed by atoms with Gasteiger partial charge < -0.3 is 32.1 Å². The molecule has 0 aromatic heterocycles. The Balaban J connectivity index is 2.99. The Morgan fingerprint density at radius 3 is 2.19 bits per heavy atom. The number of rotatable bonds is 11. The Bertz CT molecular complexity index is 698. The summed E-state index contributed by atoms with van der Waals surface area (Å²) < 4.78 is 0. The highest BCUT2D eigenvalue weighted by atomic mass is 16.4. The molecular formula is C20H35N5O6. The molecule has 1 aliphatic heterocycles. The molecule has 0 bridgehead atoms. The van der Waals surface area contributed by atoms with Crippen LogP contribution in [0.1, 0.15) is 53.4 Å².